The molecule has 2 aromatic rings. The summed E-state index contributed by atoms with van der Waals surface area (Å²) in [4.78, 5) is 10.4. The summed E-state index contributed by atoms with van der Waals surface area (Å²) >= 11 is 0. The first kappa shape index (κ1) is 7.73. The molecule has 3 heteroatoms. The van der Waals surface area contributed by atoms with Gasteiger partial charge in [0.2, 0.25) is 0 Å². The van der Waals surface area contributed by atoms with Crippen LogP contribution in [0, 0.1) is 0 Å². The Hall–Kier alpha value is -1.90. The van der Waals surface area contributed by atoms with E-state index in [-0.39, 0.29) is 0 Å². The van der Waals surface area contributed by atoms with E-state index in [1.54, 1.807) is 18.3 Å². The number of nitrogens with one attached hydrogen (secondary N) is 1. The Balaban J connectivity index is 2.38. The first-order chi connectivity index (χ1) is 6.40. The van der Waals surface area contributed by atoms with Crippen LogP contribution in [0.3, 0.4) is 0 Å². The topological polar surface area (TPSA) is 45.8 Å². The Bertz CT molecular complexity index is 389. The molecule has 1 N–H and O–H groups in total. The highest BCUT2D eigenvalue weighted by atomic mass is 16.1. The van der Waals surface area contributed by atoms with E-state index in [1.807, 2.05) is 18.3 Å². The van der Waals surface area contributed by atoms with Gasteiger partial charge >= 0.3 is 0 Å². The largest absolute Gasteiger partial charge is 0.298 e. The second-order valence-corrected chi connectivity index (χ2v) is 2.73. The molecule has 0 spiro atoms. The van der Waals surface area contributed by atoms with Crippen molar-refractivity contribution in [2.24, 2.45) is 0 Å². The van der Waals surface area contributed by atoms with Gasteiger partial charge in [0.15, 0.2) is 0 Å². The van der Waals surface area contributed by atoms with Crippen molar-refractivity contribution in [2.75, 3.05) is 0 Å². The van der Waals surface area contributed by atoms with E-state index in [2.05, 4.69) is 10.2 Å². The number of benzene rings is 1. The Morgan fingerprint density at radius 3 is 2.46 bits per heavy atom. The fourth-order valence-corrected chi connectivity index (χ4v) is 1.16. The maximum atomic E-state index is 10.4. The van der Waals surface area contributed by atoms with Crippen LogP contribution < -0.4 is 0 Å². The Labute approximate surface area is 75.4 Å². The molecule has 0 saturated carbocycles. The SMILES string of the molecule is O=Cc1ccc(-c2cn[nH]c2)cc1. The quantitative estimate of drug-likeness (QED) is 0.703. The molecule has 0 amide bonds. The number of nitrogens with zero attached hydrogens (tertiary/aromatic N) is 1. The summed E-state index contributed by atoms with van der Waals surface area (Å²) < 4.78 is 0. The number of carbonyl (C=O) groups is 1. The van der Waals surface area contributed by atoms with Crippen molar-refractivity contribution in [3.63, 3.8) is 0 Å². The summed E-state index contributed by atoms with van der Waals surface area (Å²) in [6.07, 6.45) is 4.39. The summed E-state index contributed by atoms with van der Waals surface area (Å²) in [7, 11) is 0. The van der Waals surface area contributed by atoms with Crippen molar-refractivity contribution in [3.05, 3.63) is 42.2 Å². The third-order valence-electron chi connectivity index (χ3n) is 1.88. The minimum Gasteiger partial charge on any atom is -0.298 e. The fourth-order valence-electron chi connectivity index (χ4n) is 1.16. The van der Waals surface area contributed by atoms with E-state index in [1.165, 1.54) is 0 Å². The number of H-pyrrole nitrogens is 1. The van der Waals surface area contributed by atoms with Crippen LogP contribution in [0.1, 0.15) is 10.4 Å². The Kier molecular flexibility index (Phi) is 1.92. The summed E-state index contributed by atoms with van der Waals surface area (Å²) in [5.41, 5.74) is 2.77. The molecule has 0 saturated heterocycles. The molecule has 0 bridgehead atoms. The number of hydrogen-bond donors (Lipinski definition) is 1. The van der Waals surface area contributed by atoms with Crippen LogP contribution in [0.25, 0.3) is 11.1 Å². The van der Waals surface area contributed by atoms with Gasteiger partial charge in [-0.2, -0.15) is 5.10 Å². The number of aromatic nitrogens is 2. The lowest BCUT2D eigenvalue weighted by molar-refractivity contribution is 0.112. The number of rotatable bonds is 2. The maximum absolute atomic E-state index is 10.4. The van der Waals surface area contributed by atoms with Crippen LogP contribution in [0.15, 0.2) is 36.7 Å². The average Bonchev–Trinajstić information content (AvgIpc) is 2.71. The minimum atomic E-state index is 0.687. The van der Waals surface area contributed by atoms with Gasteiger partial charge in [0.05, 0.1) is 6.20 Å². The van der Waals surface area contributed by atoms with E-state index in [4.69, 9.17) is 0 Å². The second-order valence-electron chi connectivity index (χ2n) is 2.73. The van der Waals surface area contributed by atoms with Gasteiger partial charge in [0.25, 0.3) is 0 Å². The molecule has 13 heavy (non-hydrogen) atoms. The van der Waals surface area contributed by atoms with Gasteiger partial charge in [-0.3, -0.25) is 9.89 Å². The van der Waals surface area contributed by atoms with Gasteiger partial charge in [-0.05, 0) is 5.56 Å². The molecular weight excluding hydrogens is 164 g/mol. The fraction of sp³-hybridized carbons (Fsp3) is 0. The number of hydrogen-bond acceptors (Lipinski definition) is 2. The molecule has 1 heterocycles. The zero-order valence-corrected chi connectivity index (χ0v) is 6.90. The van der Waals surface area contributed by atoms with Crippen molar-refractivity contribution >= 4 is 6.29 Å². The first-order valence-corrected chi connectivity index (χ1v) is 3.94. The van der Waals surface area contributed by atoms with Crippen molar-refractivity contribution in [1.82, 2.24) is 10.2 Å². The highest BCUT2D eigenvalue weighted by Gasteiger charge is 1.97. The van der Waals surface area contributed by atoms with E-state index < -0.39 is 0 Å². The van der Waals surface area contributed by atoms with E-state index in [0.29, 0.717) is 5.56 Å². The van der Waals surface area contributed by atoms with Crippen LogP contribution in [0.4, 0.5) is 0 Å². The van der Waals surface area contributed by atoms with Crippen LogP contribution >= 0.6 is 0 Å². The summed E-state index contributed by atoms with van der Waals surface area (Å²) in [6, 6.07) is 7.37. The molecule has 3 nitrogen and oxygen atoms in total. The standard InChI is InChI=1S/C10H8N2O/c13-7-8-1-3-9(4-2-8)10-5-11-12-6-10/h1-7H,(H,11,12). The lowest BCUT2D eigenvalue weighted by Crippen LogP contribution is -1.79. The highest BCUT2D eigenvalue weighted by Crippen LogP contribution is 2.17. The van der Waals surface area contributed by atoms with Crippen LogP contribution in [-0.2, 0) is 0 Å². The molecule has 0 aliphatic rings. The predicted octanol–water partition coefficient (Wildman–Crippen LogP) is 1.89. The number of carbonyl (C=O) groups excluding carboxylic acids is 1. The first-order valence-electron chi connectivity index (χ1n) is 3.94. The molecular formula is C10H8N2O. The second kappa shape index (κ2) is 3.23. The summed E-state index contributed by atoms with van der Waals surface area (Å²) in [5.74, 6) is 0. The molecule has 0 fully saturated rings. The van der Waals surface area contributed by atoms with Gasteiger partial charge in [0.1, 0.15) is 6.29 Å². The third-order valence-corrected chi connectivity index (χ3v) is 1.88. The molecule has 0 radical (unpaired) electrons. The Morgan fingerprint density at radius 1 is 1.15 bits per heavy atom. The number of aromatic amines is 1. The molecule has 0 unspecified atom stereocenters. The normalized spacial score (nSPS) is 9.85. The zero-order valence-electron chi connectivity index (χ0n) is 6.90. The van der Waals surface area contributed by atoms with Gasteiger partial charge in [-0.25, -0.2) is 0 Å². The van der Waals surface area contributed by atoms with Gasteiger partial charge in [0, 0.05) is 17.3 Å². The average molecular weight is 172 g/mol. The maximum Gasteiger partial charge on any atom is 0.150 e. The molecule has 0 aliphatic heterocycles. The van der Waals surface area contributed by atoms with Crippen LogP contribution in [0.5, 0.6) is 0 Å². The van der Waals surface area contributed by atoms with E-state index >= 15 is 0 Å². The van der Waals surface area contributed by atoms with E-state index in [0.717, 1.165) is 17.4 Å². The summed E-state index contributed by atoms with van der Waals surface area (Å²) in [6.45, 7) is 0. The van der Waals surface area contributed by atoms with Gasteiger partial charge in [-0.15, -0.1) is 0 Å². The van der Waals surface area contributed by atoms with Crippen molar-refractivity contribution < 1.29 is 4.79 Å². The van der Waals surface area contributed by atoms with Crippen molar-refractivity contribution in [1.29, 1.82) is 0 Å². The third kappa shape index (κ3) is 1.49. The lowest BCUT2D eigenvalue weighted by atomic mass is 10.1. The molecule has 2 rings (SSSR count). The molecule has 64 valence electrons. The van der Waals surface area contributed by atoms with Crippen LogP contribution in [-0.4, -0.2) is 16.5 Å². The highest BCUT2D eigenvalue weighted by molar-refractivity contribution is 5.76. The number of aldehydes is 1. The molecule has 0 aliphatic carbocycles. The lowest BCUT2D eigenvalue weighted by Gasteiger charge is -1.95. The van der Waals surface area contributed by atoms with Crippen molar-refractivity contribution in [2.45, 2.75) is 0 Å². The minimum absolute atomic E-state index is 0.687. The molecule has 1 aromatic heterocycles. The predicted molar refractivity (Wildman–Crippen MR) is 49.4 cm³/mol. The van der Waals surface area contributed by atoms with E-state index in [9.17, 15) is 4.79 Å². The van der Waals surface area contributed by atoms with Gasteiger partial charge < -0.3 is 0 Å². The monoisotopic (exact) mass is 172 g/mol. The van der Waals surface area contributed by atoms with Gasteiger partial charge in [-0.1, -0.05) is 24.3 Å². The summed E-state index contributed by atoms with van der Waals surface area (Å²) in [5, 5.41) is 6.58. The van der Waals surface area contributed by atoms with Crippen molar-refractivity contribution in [3.8, 4) is 11.1 Å². The smallest absolute Gasteiger partial charge is 0.150 e. The molecule has 1 aromatic carbocycles. The zero-order chi connectivity index (χ0) is 9.10. The molecule has 0 atom stereocenters. The Morgan fingerprint density at radius 2 is 1.92 bits per heavy atom. The van der Waals surface area contributed by atoms with Crippen LogP contribution in [0.2, 0.25) is 0 Å².